The van der Waals surface area contributed by atoms with Gasteiger partial charge in [0.2, 0.25) is 0 Å². The van der Waals surface area contributed by atoms with Gasteiger partial charge in [0, 0.05) is 30.4 Å². The van der Waals surface area contributed by atoms with E-state index in [0.29, 0.717) is 5.92 Å². The molecule has 0 spiro atoms. The van der Waals surface area contributed by atoms with Crippen molar-refractivity contribution in [3.8, 4) is 11.1 Å². The number of fused-ring (bicyclic) bond motifs is 1. The molecule has 3 nitrogen and oxygen atoms in total. The van der Waals surface area contributed by atoms with E-state index in [0.717, 1.165) is 16.6 Å². The number of pyridine rings is 1. The van der Waals surface area contributed by atoms with E-state index in [1.807, 2.05) is 19.4 Å². The Morgan fingerprint density at radius 1 is 1.05 bits per heavy atom. The molecule has 3 heteroatoms. The highest BCUT2D eigenvalue weighted by atomic mass is 15.3. The molecule has 0 amide bonds. The summed E-state index contributed by atoms with van der Waals surface area (Å²) in [5.41, 5.74) is 4.49. The zero-order chi connectivity index (χ0) is 13.4. The van der Waals surface area contributed by atoms with Gasteiger partial charge in [-0.2, -0.15) is 5.10 Å². The van der Waals surface area contributed by atoms with Crippen LogP contribution in [-0.2, 0) is 7.05 Å². The molecular formula is C16H17N3. The molecule has 0 N–H and O–H groups in total. The van der Waals surface area contributed by atoms with Crippen molar-refractivity contribution >= 4 is 11.0 Å². The zero-order valence-corrected chi connectivity index (χ0v) is 11.5. The lowest BCUT2D eigenvalue weighted by atomic mass is 9.99. The maximum atomic E-state index is 4.40. The highest BCUT2D eigenvalue weighted by Gasteiger charge is 2.04. The van der Waals surface area contributed by atoms with Crippen LogP contribution < -0.4 is 0 Å². The topological polar surface area (TPSA) is 30.7 Å². The van der Waals surface area contributed by atoms with Crippen molar-refractivity contribution < 1.29 is 0 Å². The van der Waals surface area contributed by atoms with Gasteiger partial charge in [0.15, 0.2) is 5.65 Å². The lowest BCUT2D eigenvalue weighted by molar-refractivity contribution is 0.776. The molecule has 2 heterocycles. The quantitative estimate of drug-likeness (QED) is 0.694. The second-order valence-electron chi connectivity index (χ2n) is 5.22. The molecule has 0 unspecified atom stereocenters. The average Bonchev–Trinajstić information content (AvgIpc) is 2.77. The van der Waals surface area contributed by atoms with E-state index in [-0.39, 0.29) is 0 Å². The number of aryl methyl sites for hydroxylation is 1. The van der Waals surface area contributed by atoms with Crippen LogP contribution in [-0.4, -0.2) is 14.8 Å². The molecule has 0 aliphatic heterocycles. The molecule has 0 bridgehead atoms. The van der Waals surface area contributed by atoms with Gasteiger partial charge in [-0.05, 0) is 23.1 Å². The first-order valence-corrected chi connectivity index (χ1v) is 6.53. The fraction of sp³-hybridized carbons (Fsp3) is 0.250. The highest BCUT2D eigenvalue weighted by Crippen LogP contribution is 2.24. The van der Waals surface area contributed by atoms with Gasteiger partial charge in [0.1, 0.15) is 0 Å². The Labute approximate surface area is 112 Å². The van der Waals surface area contributed by atoms with Crippen LogP contribution >= 0.6 is 0 Å². The van der Waals surface area contributed by atoms with Gasteiger partial charge >= 0.3 is 0 Å². The minimum Gasteiger partial charge on any atom is -0.273 e. The number of hydrogen-bond donors (Lipinski definition) is 0. The summed E-state index contributed by atoms with van der Waals surface area (Å²) in [5.74, 6) is 0.563. The van der Waals surface area contributed by atoms with Gasteiger partial charge in [-0.25, -0.2) is 4.98 Å². The zero-order valence-electron chi connectivity index (χ0n) is 11.5. The molecule has 0 saturated carbocycles. The summed E-state index contributed by atoms with van der Waals surface area (Å²) in [7, 11) is 1.92. The predicted octanol–water partition coefficient (Wildman–Crippen LogP) is 3.76. The fourth-order valence-corrected chi connectivity index (χ4v) is 2.25. The average molecular weight is 251 g/mol. The van der Waals surface area contributed by atoms with Crippen LogP contribution in [0, 0.1) is 0 Å². The third-order valence-electron chi connectivity index (χ3n) is 3.38. The van der Waals surface area contributed by atoms with Gasteiger partial charge in [0.05, 0.1) is 0 Å². The van der Waals surface area contributed by atoms with Gasteiger partial charge in [-0.1, -0.05) is 38.1 Å². The predicted molar refractivity (Wildman–Crippen MR) is 78.0 cm³/mol. The Hall–Kier alpha value is -2.16. The maximum absolute atomic E-state index is 4.40. The van der Waals surface area contributed by atoms with Gasteiger partial charge < -0.3 is 0 Å². The monoisotopic (exact) mass is 251 g/mol. The SMILES string of the molecule is CC(C)c1ccc(-c2cnc3nn(C)cc3c2)cc1. The molecular weight excluding hydrogens is 234 g/mol. The standard InChI is InChI=1S/C16H17N3/c1-11(2)12-4-6-13(7-5-12)14-8-15-10-19(3)18-16(15)17-9-14/h4-11H,1-3H3. The molecule has 1 aromatic carbocycles. The Morgan fingerprint density at radius 3 is 2.47 bits per heavy atom. The summed E-state index contributed by atoms with van der Waals surface area (Å²) in [6, 6.07) is 10.8. The summed E-state index contributed by atoms with van der Waals surface area (Å²) < 4.78 is 1.79. The molecule has 3 aromatic rings. The second kappa shape index (κ2) is 4.50. The molecule has 0 aliphatic carbocycles. The molecule has 0 fully saturated rings. The van der Waals surface area contributed by atoms with Crippen molar-refractivity contribution in [3.63, 3.8) is 0 Å². The number of benzene rings is 1. The van der Waals surface area contributed by atoms with E-state index in [4.69, 9.17) is 0 Å². The number of rotatable bonds is 2. The Morgan fingerprint density at radius 2 is 1.79 bits per heavy atom. The number of aromatic nitrogens is 3. The summed E-state index contributed by atoms with van der Waals surface area (Å²) >= 11 is 0. The number of hydrogen-bond acceptors (Lipinski definition) is 2. The Kier molecular flexibility index (Phi) is 2.82. The minimum absolute atomic E-state index is 0.563. The summed E-state index contributed by atoms with van der Waals surface area (Å²) in [5, 5.41) is 5.37. The summed E-state index contributed by atoms with van der Waals surface area (Å²) in [6.45, 7) is 4.41. The van der Waals surface area contributed by atoms with Crippen molar-refractivity contribution in [1.82, 2.24) is 14.8 Å². The van der Waals surface area contributed by atoms with Crippen molar-refractivity contribution in [2.75, 3.05) is 0 Å². The van der Waals surface area contributed by atoms with Gasteiger partial charge in [0.25, 0.3) is 0 Å². The Balaban J connectivity index is 2.03. The van der Waals surface area contributed by atoms with Gasteiger partial charge in [-0.3, -0.25) is 4.68 Å². The largest absolute Gasteiger partial charge is 0.273 e. The van der Waals surface area contributed by atoms with E-state index in [9.17, 15) is 0 Å². The molecule has 2 aromatic heterocycles. The molecule has 0 saturated heterocycles. The van der Waals surface area contributed by atoms with Crippen LogP contribution in [0.3, 0.4) is 0 Å². The van der Waals surface area contributed by atoms with E-state index in [1.54, 1.807) is 4.68 Å². The fourth-order valence-electron chi connectivity index (χ4n) is 2.25. The third-order valence-corrected chi connectivity index (χ3v) is 3.38. The van der Waals surface area contributed by atoms with Crippen molar-refractivity contribution in [2.24, 2.45) is 7.05 Å². The van der Waals surface area contributed by atoms with E-state index >= 15 is 0 Å². The second-order valence-corrected chi connectivity index (χ2v) is 5.22. The molecule has 3 rings (SSSR count). The normalized spacial score (nSPS) is 11.4. The molecule has 0 radical (unpaired) electrons. The Bertz CT molecular complexity index is 708. The lowest BCUT2D eigenvalue weighted by Crippen LogP contribution is -1.87. The first-order valence-electron chi connectivity index (χ1n) is 6.53. The van der Waals surface area contributed by atoms with E-state index in [1.165, 1.54) is 11.1 Å². The van der Waals surface area contributed by atoms with Gasteiger partial charge in [-0.15, -0.1) is 0 Å². The van der Waals surface area contributed by atoms with Crippen LogP contribution in [0.15, 0.2) is 42.7 Å². The van der Waals surface area contributed by atoms with Crippen molar-refractivity contribution in [2.45, 2.75) is 19.8 Å². The highest BCUT2D eigenvalue weighted by molar-refractivity contribution is 5.80. The lowest BCUT2D eigenvalue weighted by Gasteiger charge is -2.06. The maximum Gasteiger partial charge on any atom is 0.181 e. The molecule has 0 aliphatic rings. The summed E-state index contributed by atoms with van der Waals surface area (Å²) in [6.07, 6.45) is 3.88. The van der Waals surface area contributed by atoms with E-state index < -0.39 is 0 Å². The van der Waals surface area contributed by atoms with Crippen molar-refractivity contribution in [1.29, 1.82) is 0 Å². The smallest absolute Gasteiger partial charge is 0.181 e. The molecule has 19 heavy (non-hydrogen) atoms. The van der Waals surface area contributed by atoms with Crippen molar-refractivity contribution in [3.05, 3.63) is 48.3 Å². The minimum atomic E-state index is 0.563. The third kappa shape index (κ3) is 2.24. The van der Waals surface area contributed by atoms with Crippen LogP contribution in [0.2, 0.25) is 0 Å². The molecule has 96 valence electrons. The number of nitrogens with zero attached hydrogens (tertiary/aromatic N) is 3. The molecule has 0 atom stereocenters. The first-order chi connectivity index (χ1) is 9.13. The summed E-state index contributed by atoms with van der Waals surface area (Å²) in [4.78, 5) is 4.40. The first kappa shape index (κ1) is 11.9. The van der Waals surface area contributed by atoms with Crippen LogP contribution in [0.5, 0.6) is 0 Å². The van der Waals surface area contributed by atoms with Crippen LogP contribution in [0.25, 0.3) is 22.2 Å². The van der Waals surface area contributed by atoms with E-state index in [2.05, 4.69) is 54.3 Å². The van der Waals surface area contributed by atoms with Crippen LogP contribution in [0.1, 0.15) is 25.3 Å². The van der Waals surface area contributed by atoms with Crippen LogP contribution in [0.4, 0.5) is 0 Å².